The second-order valence-electron chi connectivity index (χ2n) is 4.89. The van der Waals surface area contributed by atoms with E-state index in [1.807, 2.05) is 0 Å². The third kappa shape index (κ3) is 2.50. The molecular formula is C15H18IN3. The van der Waals surface area contributed by atoms with Crippen molar-refractivity contribution in [3.05, 3.63) is 33.4 Å². The maximum atomic E-state index is 4.81. The van der Waals surface area contributed by atoms with Crippen LogP contribution in [0, 0.1) is 3.57 Å². The summed E-state index contributed by atoms with van der Waals surface area (Å²) >= 11 is 2.36. The van der Waals surface area contributed by atoms with Gasteiger partial charge in [0.25, 0.3) is 0 Å². The molecule has 0 spiro atoms. The van der Waals surface area contributed by atoms with E-state index in [2.05, 4.69) is 63.8 Å². The number of nitrogens with zero attached hydrogens (tertiary/aromatic N) is 2. The van der Waals surface area contributed by atoms with Gasteiger partial charge >= 0.3 is 0 Å². The van der Waals surface area contributed by atoms with Crippen LogP contribution in [0.25, 0.3) is 11.3 Å². The zero-order valence-electron chi connectivity index (χ0n) is 11.1. The van der Waals surface area contributed by atoms with Gasteiger partial charge in [0.1, 0.15) is 5.82 Å². The highest BCUT2D eigenvalue weighted by Crippen LogP contribution is 2.32. The topological polar surface area (TPSA) is 29.9 Å². The molecule has 1 aliphatic rings. The Morgan fingerprint density at radius 1 is 1.37 bits per heavy atom. The Kier molecular flexibility index (Phi) is 3.77. The summed E-state index contributed by atoms with van der Waals surface area (Å²) in [6.07, 6.45) is 3.61. The van der Waals surface area contributed by atoms with Gasteiger partial charge in [-0.25, -0.2) is 4.68 Å². The van der Waals surface area contributed by atoms with Crippen molar-refractivity contribution in [1.29, 1.82) is 0 Å². The van der Waals surface area contributed by atoms with Gasteiger partial charge < -0.3 is 5.32 Å². The summed E-state index contributed by atoms with van der Waals surface area (Å²) in [5.74, 6) is 1.23. The van der Waals surface area contributed by atoms with E-state index in [0.29, 0.717) is 0 Å². The monoisotopic (exact) mass is 367 g/mol. The van der Waals surface area contributed by atoms with Crippen LogP contribution < -0.4 is 5.32 Å². The Labute approximate surface area is 127 Å². The average molecular weight is 367 g/mol. The summed E-state index contributed by atoms with van der Waals surface area (Å²) in [5, 5.41) is 8.36. The molecule has 3 nitrogen and oxygen atoms in total. The van der Waals surface area contributed by atoms with Crippen molar-refractivity contribution in [2.24, 2.45) is 0 Å². The lowest BCUT2D eigenvalue weighted by Crippen LogP contribution is -2.07. The highest BCUT2D eigenvalue weighted by Gasteiger charge is 2.19. The van der Waals surface area contributed by atoms with Gasteiger partial charge in [-0.15, -0.1) is 0 Å². The molecule has 100 valence electrons. The molecule has 2 aromatic rings. The Morgan fingerprint density at radius 2 is 2.26 bits per heavy atom. The Balaban J connectivity index is 2.13. The first-order valence-electron chi connectivity index (χ1n) is 6.89. The number of benzene rings is 1. The molecule has 2 heterocycles. The molecule has 0 unspecified atom stereocenters. The van der Waals surface area contributed by atoms with Crippen LogP contribution >= 0.6 is 22.6 Å². The minimum atomic E-state index is 0.916. The highest BCUT2D eigenvalue weighted by molar-refractivity contribution is 14.1. The van der Waals surface area contributed by atoms with Crippen LogP contribution in [0.4, 0.5) is 5.82 Å². The highest BCUT2D eigenvalue weighted by atomic mass is 127. The second kappa shape index (κ2) is 5.53. The lowest BCUT2D eigenvalue weighted by atomic mass is 10.0. The minimum absolute atomic E-state index is 0.916. The quantitative estimate of drug-likeness (QED) is 0.816. The molecule has 0 aliphatic carbocycles. The number of fused-ring (bicyclic) bond motifs is 1. The van der Waals surface area contributed by atoms with E-state index in [1.165, 1.54) is 33.4 Å². The number of rotatable bonds is 2. The van der Waals surface area contributed by atoms with Crippen LogP contribution in [-0.2, 0) is 13.0 Å². The standard InChI is InChI=1S/C15H18IN3/c1-2-19-15-13(8-3-4-9-17-15)14(18-19)11-6-5-7-12(16)10-11/h5-7,10,17H,2-4,8-9H2,1H3. The SMILES string of the molecule is CCn1nc(-c2cccc(I)c2)c2c1NCCCC2. The van der Waals surface area contributed by atoms with Gasteiger partial charge in [0.2, 0.25) is 0 Å². The Bertz CT molecular complexity index is 589. The smallest absolute Gasteiger partial charge is 0.128 e. The molecule has 1 N–H and O–H groups in total. The van der Waals surface area contributed by atoms with E-state index in [4.69, 9.17) is 5.10 Å². The van der Waals surface area contributed by atoms with E-state index in [0.717, 1.165) is 25.2 Å². The van der Waals surface area contributed by atoms with Gasteiger partial charge in [0.15, 0.2) is 0 Å². The summed E-state index contributed by atoms with van der Waals surface area (Å²) in [7, 11) is 0. The number of hydrogen-bond donors (Lipinski definition) is 1. The third-order valence-electron chi connectivity index (χ3n) is 3.59. The lowest BCUT2D eigenvalue weighted by molar-refractivity contribution is 0.665. The molecule has 0 saturated heterocycles. The fourth-order valence-corrected chi connectivity index (χ4v) is 3.21. The van der Waals surface area contributed by atoms with Crippen LogP contribution in [0.15, 0.2) is 24.3 Å². The Hall–Kier alpha value is -1.04. The van der Waals surface area contributed by atoms with Gasteiger partial charge in [0, 0.05) is 27.8 Å². The normalized spacial score (nSPS) is 14.6. The molecule has 19 heavy (non-hydrogen) atoms. The zero-order valence-corrected chi connectivity index (χ0v) is 13.3. The first kappa shape index (κ1) is 13.0. The molecule has 1 aliphatic heterocycles. The molecule has 0 radical (unpaired) electrons. The van der Waals surface area contributed by atoms with Crippen LogP contribution in [0.1, 0.15) is 25.3 Å². The summed E-state index contributed by atoms with van der Waals surface area (Å²) in [6, 6.07) is 8.61. The predicted molar refractivity (Wildman–Crippen MR) is 87.5 cm³/mol. The van der Waals surface area contributed by atoms with Crippen LogP contribution in [0.5, 0.6) is 0 Å². The molecule has 1 aromatic carbocycles. The van der Waals surface area contributed by atoms with Crippen LogP contribution in [0.2, 0.25) is 0 Å². The molecule has 3 rings (SSSR count). The minimum Gasteiger partial charge on any atom is -0.370 e. The van der Waals surface area contributed by atoms with Crippen molar-refractivity contribution in [1.82, 2.24) is 9.78 Å². The maximum absolute atomic E-state index is 4.81. The Morgan fingerprint density at radius 3 is 3.05 bits per heavy atom. The number of hydrogen-bond acceptors (Lipinski definition) is 2. The van der Waals surface area contributed by atoms with E-state index >= 15 is 0 Å². The van der Waals surface area contributed by atoms with E-state index in [1.54, 1.807) is 0 Å². The van der Waals surface area contributed by atoms with Crippen molar-refractivity contribution in [3.63, 3.8) is 0 Å². The van der Waals surface area contributed by atoms with Crippen molar-refractivity contribution in [2.45, 2.75) is 32.7 Å². The third-order valence-corrected chi connectivity index (χ3v) is 4.27. The number of anilines is 1. The first-order valence-corrected chi connectivity index (χ1v) is 7.97. The lowest BCUT2D eigenvalue weighted by Gasteiger charge is -2.06. The van der Waals surface area contributed by atoms with Crippen molar-refractivity contribution < 1.29 is 0 Å². The average Bonchev–Trinajstić information content (AvgIpc) is 2.59. The molecule has 4 heteroatoms. The van der Waals surface area contributed by atoms with Crippen LogP contribution in [0.3, 0.4) is 0 Å². The fourth-order valence-electron chi connectivity index (χ4n) is 2.66. The number of aryl methyl sites for hydroxylation is 1. The van der Waals surface area contributed by atoms with Crippen LogP contribution in [-0.4, -0.2) is 16.3 Å². The van der Waals surface area contributed by atoms with Crippen molar-refractivity contribution in [3.8, 4) is 11.3 Å². The summed E-state index contributed by atoms with van der Waals surface area (Å²) < 4.78 is 3.37. The zero-order chi connectivity index (χ0) is 13.2. The molecule has 0 amide bonds. The van der Waals surface area contributed by atoms with Gasteiger partial charge in [-0.2, -0.15) is 5.10 Å². The summed E-state index contributed by atoms with van der Waals surface area (Å²) in [6.45, 7) is 4.13. The van der Waals surface area contributed by atoms with Gasteiger partial charge in [-0.3, -0.25) is 0 Å². The number of halogens is 1. The summed E-state index contributed by atoms with van der Waals surface area (Å²) in [4.78, 5) is 0. The maximum Gasteiger partial charge on any atom is 0.128 e. The molecule has 0 fully saturated rings. The molecule has 1 aromatic heterocycles. The van der Waals surface area contributed by atoms with Crippen molar-refractivity contribution in [2.75, 3.05) is 11.9 Å². The second-order valence-corrected chi connectivity index (χ2v) is 6.13. The first-order chi connectivity index (χ1) is 9.29. The van der Waals surface area contributed by atoms with E-state index < -0.39 is 0 Å². The van der Waals surface area contributed by atoms with Crippen molar-refractivity contribution >= 4 is 28.4 Å². The molecule has 0 saturated carbocycles. The number of nitrogens with one attached hydrogen (secondary N) is 1. The summed E-state index contributed by atoms with van der Waals surface area (Å²) in [5.41, 5.74) is 3.78. The molecule has 0 atom stereocenters. The van der Waals surface area contributed by atoms with Gasteiger partial charge in [0.05, 0.1) is 5.69 Å². The van der Waals surface area contributed by atoms with Gasteiger partial charge in [-0.05, 0) is 60.9 Å². The van der Waals surface area contributed by atoms with E-state index in [-0.39, 0.29) is 0 Å². The predicted octanol–water partition coefficient (Wildman–Crippen LogP) is 3.92. The number of aromatic nitrogens is 2. The fraction of sp³-hybridized carbons (Fsp3) is 0.400. The molecule has 0 bridgehead atoms. The largest absolute Gasteiger partial charge is 0.370 e. The van der Waals surface area contributed by atoms with Gasteiger partial charge in [-0.1, -0.05) is 12.1 Å². The molecular weight excluding hydrogens is 349 g/mol. The van der Waals surface area contributed by atoms with E-state index in [9.17, 15) is 0 Å².